The van der Waals surface area contributed by atoms with Gasteiger partial charge in [-0.25, -0.2) is 0 Å². The molecule has 96 valence electrons. The molecule has 0 amide bonds. The quantitative estimate of drug-likeness (QED) is 0.624. The van der Waals surface area contributed by atoms with Crippen LogP contribution in [-0.2, 0) is 4.74 Å². The maximum atomic E-state index is 9.64. The second-order valence-corrected chi connectivity index (χ2v) is 3.57. The minimum absolute atomic E-state index is 0.250. The molecule has 3 nitrogen and oxygen atoms in total. The number of hydrogen-bond acceptors (Lipinski definition) is 3. The van der Waals surface area contributed by atoms with Gasteiger partial charge >= 0.3 is 0 Å². The molecular weight excluding hydrogens is 204 g/mol. The molecule has 1 aliphatic rings. The SMILES string of the molecule is CC.CC(C)C#CC1(O)CCOC1.CCO. The van der Waals surface area contributed by atoms with E-state index in [-0.39, 0.29) is 6.61 Å². The third-order valence-corrected chi connectivity index (χ3v) is 1.59. The van der Waals surface area contributed by atoms with E-state index in [0.717, 1.165) is 0 Å². The Balaban J connectivity index is 0. The van der Waals surface area contributed by atoms with Crippen LogP contribution in [0.25, 0.3) is 0 Å². The molecule has 2 N–H and O–H groups in total. The van der Waals surface area contributed by atoms with Gasteiger partial charge in [0.05, 0.1) is 13.2 Å². The van der Waals surface area contributed by atoms with Gasteiger partial charge in [-0.05, 0) is 6.92 Å². The minimum atomic E-state index is -0.857. The van der Waals surface area contributed by atoms with Gasteiger partial charge in [-0.15, -0.1) is 0 Å². The highest BCUT2D eigenvalue weighted by Crippen LogP contribution is 2.16. The van der Waals surface area contributed by atoms with Gasteiger partial charge in [0, 0.05) is 18.9 Å². The van der Waals surface area contributed by atoms with Crippen molar-refractivity contribution in [2.24, 2.45) is 5.92 Å². The van der Waals surface area contributed by atoms with Crippen LogP contribution < -0.4 is 0 Å². The average Bonchev–Trinajstić information content (AvgIpc) is 2.67. The number of aliphatic hydroxyl groups is 2. The Kier molecular flexibility index (Phi) is 12.2. The molecule has 1 unspecified atom stereocenters. The lowest BCUT2D eigenvalue weighted by Crippen LogP contribution is -2.26. The van der Waals surface area contributed by atoms with E-state index >= 15 is 0 Å². The zero-order valence-electron chi connectivity index (χ0n) is 11.2. The molecule has 1 fully saturated rings. The normalized spacial score (nSPS) is 22.2. The maximum Gasteiger partial charge on any atom is 0.150 e. The molecule has 0 saturated carbocycles. The Hall–Kier alpha value is -0.560. The van der Waals surface area contributed by atoms with Gasteiger partial charge in [0.1, 0.15) is 0 Å². The predicted molar refractivity (Wildman–Crippen MR) is 67.1 cm³/mol. The summed E-state index contributed by atoms with van der Waals surface area (Å²) in [6.45, 7) is 10.9. The van der Waals surface area contributed by atoms with E-state index in [1.807, 2.05) is 27.7 Å². The van der Waals surface area contributed by atoms with Gasteiger partial charge < -0.3 is 14.9 Å². The summed E-state index contributed by atoms with van der Waals surface area (Å²) in [5.41, 5.74) is -0.857. The summed E-state index contributed by atoms with van der Waals surface area (Å²) in [5.74, 6) is 6.10. The van der Waals surface area contributed by atoms with Crippen LogP contribution in [0.5, 0.6) is 0 Å². The Morgan fingerprint density at radius 3 is 2.19 bits per heavy atom. The third kappa shape index (κ3) is 9.97. The summed E-state index contributed by atoms with van der Waals surface area (Å²) in [7, 11) is 0. The van der Waals surface area contributed by atoms with Crippen LogP contribution in [0.4, 0.5) is 0 Å². The average molecular weight is 230 g/mol. The van der Waals surface area contributed by atoms with Crippen molar-refractivity contribution in [3.63, 3.8) is 0 Å². The first-order valence-corrected chi connectivity index (χ1v) is 5.97. The van der Waals surface area contributed by atoms with Crippen LogP contribution in [0.2, 0.25) is 0 Å². The summed E-state index contributed by atoms with van der Waals surface area (Å²) in [4.78, 5) is 0. The first-order valence-electron chi connectivity index (χ1n) is 5.97. The number of ether oxygens (including phenoxy) is 1. The molecule has 0 spiro atoms. The molecule has 0 aliphatic carbocycles. The molecule has 16 heavy (non-hydrogen) atoms. The van der Waals surface area contributed by atoms with Crippen LogP contribution in [0.3, 0.4) is 0 Å². The van der Waals surface area contributed by atoms with Crippen LogP contribution in [0, 0.1) is 17.8 Å². The first-order chi connectivity index (χ1) is 7.54. The van der Waals surface area contributed by atoms with Gasteiger partial charge in [0.15, 0.2) is 5.60 Å². The summed E-state index contributed by atoms with van der Waals surface area (Å²) < 4.78 is 5.04. The first kappa shape index (κ1) is 17.8. The van der Waals surface area contributed by atoms with Crippen LogP contribution >= 0.6 is 0 Å². The Labute approximate surface area is 99.8 Å². The van der Waals surface area contributed by atoms with Crippen molar-refractivity contribution in [1.82, 2.24) is 0 Å². The van der Waals surface area contributed by atoms with Gasteiger partial charge in [0.2, 0.25) is 0 Å². The van der Waals surface area contributed by atoms with Crippen molar-refractivity contribution in [3.05, 3.63) is 0 Å². The van der Waals surface area contributed by atoms with E-state index in [0.29, 0.717) is 25.6 Å². The van der Waals surface area contributed by atoms with Gasteiger partial charge in [-0.2, -0.15) is 0 Å². The number of rotatable bonds is 0. The molecule has 0 radical (unpaired) electrons. The molecule has 0 bridgehead atoms. The van der Waals surface area contributed by atoms with Crippen molar-refractivity contribution in [2.75, 3.05) is 19.8 Å². The zero-order valence-corrected chi connectivity index (χ0v) is 11.2. The molecule has 1 heterocycles. The smallest absolute Gasteiger partial charge is 0.150 e. The monoisotopic (exact) mass is 230 g/mol. The Morgan fingerprint density at radius 2 is 1.88 bits per heavy atom. The lowest BCUT2D eigenvalue weighted by atomic mass is 10.0. The van der Waals surface area contributed by atoms with Crippen LogP contribution in [0.1, 0.15) is 41.0 Å². The van der Waals surface area contributed by atoms with Gasteiger partial charge in [-0.1, -0.05) is 39.5 Å². The highest BCUT2D eigenvalue weighted by molar-refractivity contribution is 5.16. The molecule has 0 aromatic heterocycles. The second-order valence-electron chi connectivity index (χ2n) is 3.57. The molecule has 1 rings (SSSR count). The fraction of sp³-hybridized carbons (Fsp3) is 0.846. The predicted octanol–water partition coefficient (Wildman–Crippen LogP) is 1.82. The lowest BCUT2D eigenvalue weighted by molar-refractivity contribution is 0.0763. The fourth-order valence-electron chi connectivity index (χ4n) is 0.931. The second kappa shape index (κ2) is 10.9. The van der Waals surface area contributed by atoms with Gasteiger partial charge in [0.25, 0.3) is 0 Å². The molecule has 1 atom stereocenters. The summed E-state index contributed by atoms with van der Waals surface area (Å²) in [6.07, 6.45) is 0.646. The van der Waals surface area contributed by atoms with E-state index in [2.05, 4.69) is 11.8 Å². The summed E-state index contributed by atoms with van der Waals surface area (Å²) >= 11 is 0. The third-order valence-electron chi connectivity index (χ3n) is 1.59. The Morgan fingerprint density at radius 1 is 1.38 bits per heavy atom. The van der Waals surface area contributed by atoms with Crippen molar-refractivity contribution in [2.45, 2.75) is 46.6 Å². The molecule has 0 aromatic carbocycles. The summed E-state index contributed by atoms with van der Waals surface area (Å²) in [5, 5.41) is 17.2. The van der Waals surface area contributed by atoms with Crippen molar-refractivity contribution >= 4 is 0 Å². The molecule has 1 aliphatic heterocycles. The molecule has 3 heteroatoms. The van der Waals surface area contributed by atoms with Crippen molar-refractivity contribution < 1.29 is 14.9 Å². The maximum absolute atomic E-state index is 9.64. The van der Waals surface area contributed by atoms with E-state index in [1.165, 1.54) is 0 Å². The standard InChI is InChI=1S/C9H14O2.C2H6O.C2H6/c1-8(2)3-4-9(10)5-6-11-7-9;1-2-3;1-2/h8,10H,5-7H2,1-2H3;3H,2H2,1H3;1-2H3. The van der Waals surface area contributed by atoms with Crippen LogP contribution in [-0.4, -0.2) is 35.6 Å². The number of hydrogen-bond donors (Lipinski definition) is 2. The lowest BCUT2D eigenvalue weighted by Gasteiger charge is -2.10. The molecule has 0 aromatic rings. The van der Waals surface area contributed by atoms with Crippen molar-refractivity contribution in [1.29, 1.82) is 0 Å². The molecular formula is C13H26O3. The number of aliphatic hydroxyl groups excluding tert-OH is 1. The fourth-order valence-corrected chi connectivity index (χ4v) is 0.931. The highest BCUT2D eigenvalue weighted by Gasteiger charge is 2.29. The van der Waals surface area contributed by atoms with Crippen LogP contribution in [0.15, 0.2) is 0 Å². The van der Waals surface area contributed by atoms with Gasteiger partial charge in [-0.3, -0.25) is 0 Å². The van der Waals surface area contributed by atoms with E-state index in [1.54, 1.807) is 6.92 Å². The molecule has 1 saturated heterocycles. The topological polar surface area (TPSA) is 49.7 Å². The summed E-state index contributed by atoms with van der Waals surface area (Å²) in [6, 6.07) is 0. The highest BCUT2D eigenvalue weighted by atomic mass is 16.5. The zero-order chi connectivity index (χ0) is 13.0. The minimum Gasteiger partial charge on any atom is -0.397 e. The van der Waals surface area contributed by atoms with E-state index < -0.39 is 5.60 Å². The Bertz CT molecular complexity index is 195. The van der Waals surface area contributed by atoms with Crippen molar-refractivity contribution in [3.8, 4) is 11.8 Å². The van der Waals surface area contributed by atoms with E-state index in [4.69, 9.17) is 9.84 Å². The van der Waals surface area contributed by atoms with E-state index in [9.17, 15) is 5.11 Å². The largest absolute Gasteiger partial charge is 0.397 e.